The van der Waals surface area contributed by atoms with Gasteiger partial charge in [-0.3, -0.25) is 0 Å². The average Bonchev–Trinajstić information content (AvgIpc) is 2.15. The molecule has 1 aliphatic rings. The third-order valence-electron chi connectivity index (χ3n) is 2.84. The molecule has 4 nitrogen and oxygen atoms in total. The summed E-state index contributed by atoms with van der Waals surface area (Å²) in [5.74, 6) is 0.207. The molecule has 100 valence electrons. The van der Waals surface area contributed by atoms with Gasteiger partial charge in [0.05, 0.1) is 0 Å². The molecule has 0 N–H and O–H groups in total. The summed E-state index contributed by atoms with van der Waals surface area (Å²) in [6, 6.07) is 0. The molecule has 0 unspecified atom stereocenters. The van der Waals surface area contributed by atoms with E-state index in [1.54, 1.807) is 6.08 Å². The van der Waals surface area contributed by atoms with E-state index >= 15 is 0 Å². The Morgan fingerprint density at radius 1 is 1.35 bits per heavy atom. The minimum atomic E-state index is -5.53. The zero-order chi connectivity index (χ0) is 13.3. The van der Waals surface area contributed by atoms with Crippen molar-refractivity contribution in [3.63, 3.8) is 0 Å². The van der Waals surface area contributed by atoms with Crippen LogP contribution in [0.15, 0.2) is 12.7 Å². The maximum Gasteiger partial charge on any atom is 0.528 e. The highest BCUT2D eigenvalue weighted by Crippen LogP contribution is 2.30. The zero-order valence-corrected chi connectivity index (χ0v) is 10.2. The molecule has 0 amide bonds. The molecule has 0 atom stereocenters. The summed E-state index contributed by atoms with van der Waals surface area (Å²) in [7, 11) is -4.20. The number of rotatable bonds is 3. The first-order valence-electron chi connectivity index (χ1n) is 5.09. The fourth-order valence-electron chi connectivity index (χ4n) is 1.72. The molecule has 1 rings (SSSR count). The SMILES string of the molecule is C=CC1CC[N+](C)(OS(=O)(=O)C(F)(F)F)CC1. The fourth-order valence-corrected chi connectivity index (χ4v) is 2.43. The molecule has 0 aliphatic carbocycles. The number of nitrogens with zero attached hydrogens (tertiary/aromatic N) is 1. The van der Waals surface area contributed by atoms with Crippen LogP contribution in [0.1, 0.15) is 12.8 Å². The summed E-state index contributed by atoms with van der Waals surface area (Å²) in [4.78, 5) is 0. The van der Waals surface area contributed by atoms with Gasteiger partial charge in [-0.1, -0.05) is 10.4 Å². The van der Waals surface area contributed by atoms with Gasteiger partial charge in [-0.15, -0.1) is 6.58 Å². The van der Waals surface area contributed by atoms with E-state index in [-0.39, 0.29) is 19.0 Å². The van der Waals surface area contributed by atoms with Crippen LogP contribution in [0.2, 0.25) is 0 Å². The molecule has 1 saturated heterocycles. The van der Waals surface area contributed by atoms with Crippen LogP contribution < -0.4 is 0 Å². The standard InChI is InChI=1S/C9H15F3NO3S/c1-3-8-4-6-13(2,7-5-8)16-17(14,15)9(10,11)12/h3,8H,1,4-7H2,2H3/q+1. The second-order valence-corrected chi connectivity index (χ2v) is 5.81. The van der Waals surface area contributed by atoms with Gasteiger partial charge in [0.2, 0.25) is 0 Å². The van der Waals surface area contributed by atoms with Crippen LogP contribution in [0.4, 0.5) is 13.2 Å². The van der Waals surface area contributed by atoms with E-state index in [0.29, 0.717) is 12.8 Å². The normalized spacial score (nSPS) is 31.2. The molecule has 17 heavy (non-hydrogen) atoms. The lowest BCUT2D eigenvalue weighted by Gasteiger charge is -2.35. The second-order valence-electron chi connectivity index (χ2n) is 4.29. The molecule has 1 aliphatic heterocycles. The van der Waals surface area contributed by atoms with Crippen LogP contribution in [-0.2, 0) is 14.4 Å². The van der Waals surface area contributed by atoms with Crippen LogP contribution in [-0.4, -0.2) is 38.7 Å². The second kappa shape index (κ2) is 4.58. The molecule has 0 aromatic heterocycles. The molecule has 1 heterocycles. The molecule has 0 bridgehead atoms. The van der Waals surface area contributed by atoms with E-state index in [2.05, 4.69) is 10.9 Å². The number of alkyl halides is 3. The van der Waals surface area contributed by atoms with E-state index in [0.717, 1.165) is 0 Å². The first kappa shape index (κ1) is 14.5. The van der Waals surface area contributed by atoms with Crippen LogP contribution in [0.25, 0.3) is 0 Å². The molecular formula is C9H15F3NO3S+. The quantitative estimate of drug-likeness (QED) is 0.448. The van der Waals surface area contributed by atoms with Crippen molar-refractivity contribution < 1.29 is 30.5 Å². The van der Waals surface area contributed by atoms with Gasteiger partial charge in [-0.05, 0) is 5.92 Å². The first-order chi connectivity index (χ1) is 7.60. The van der Waals surface area contributed by atoms with Crippen molar-refractivity contribution in [2.45, 2.75) is 18.3 Å². The Bertz CT molecular complexity index is 383. The van der Waals surface area contributed by atoms with Gasteiger partial charge < -0.3 is 0 Å². The molecule has 1 fully saturated rings. The topological polar surface area (TPSA) is 43.4 Å². The lowest BCUT2D eigenvalue weighted by Crippen LogP contribution is -2.52. The number of piperidine rings is 1. The van der Waals surface area contributed by atoms with Crippen LogP contribution in [0.5, 0.6) is 0 Å². The summed E-state index contributed by atoms with van der Waals surface area (Å²) < 4.78 is 62.0. The van der Waals surface area contributed by atoms with Crippen molar-refractivity contribution in [3.05, 3.63) is 12.7 Å². The predicted octanol–water partition coefficient (Wildman–Crippen LogP) is 1.81. The molecule has 8 heteroatoms. The molecule has 0 aromatic rings. The van der Waals surface area contributed by atoms with Gasteiger partial charge in [0, 0.05) is 12.8 Å². The minimum absolute atomic E-state index is 0.207. The van der Waals surface area contributed by atoms with Gasteiger partial charge in [-0.2, -0.15) is 26.2 Å². The van der Waals surface area contributed by atoms with Crippen molar-refractivity contribution in [1.82, 2.24) is 0 Å². The maximum absolute atomic E-state index is 12.2. The van der Waals surface area contributed by atoms with Crippen LogP contribution >= 0.6 is 0 Å². The third-order valence-corrected chi connectivity index (χ3v) is 3.96. The Hall–Kier alpha value is -0.600. The van der Waals surface area contributed by atoms with Crippen molar-refractivity contribution in [2.75, 3.05) is 20.1 Å². The van der Waals surface area contributed by atoms with Crippen LogP contribution in [0.3, 0.4) is 0 Å². The molecule has 0 spiro atoms. The summed E-state index contributed by atoms with van der Waals surface area (Å²) in [5.41, 5.74) is -5.37. The highest BCUT2D eigenvalue weighted by Gasteiger charge is 2.53. The summed E-state index contributed by atoms with van der Waals surface area (Å²) >= 11 is 0. The van der Waals surface area contributed by atoms with E-state index in [1.807, 2.05) is 0 Å². The van der Waals surface area contributed by atoms with Crippen molar-refractivity contribution >= 4 is 10.1 Å². The molecular weight excluding hydrogens is 259 g/mol. The van der Waals surface area contributed by atoms with Crippen molar-refractivity contribution in [2.24, 2.45) is 5.92 Å². The molecule has 0 radical (unpaired) electrons. The summed E-state index contributed by atoms with van der Waals surface area (Å²) in [6.45, 7) is 4.03. The van der Waals surface area contributed by atoms with Crippen LogP contribution in [0, 0.1) is 5.92 Å². The minimum Gasteiger partial charge on any atom is -0.185 e. The number of hydrogen-bond donors (Lipinski definition) is 0. The highest BCUT2D eigenvalue weighted by molar-refractivity contribution is 7.87. The van der Waals surface area contributed by atoms with E-state index < -0.39 is 20.3 Å². The van der Waals surface area contributed by atoms with Gasteiger partial charge in [0.1, 0.15) is 20.1 Å². The van der Waals surface area contributed by atoms with Gasteiger partial charge in [0.25, 0.3) is 0 Å². The number of halogens is 3. The third kappa shape index (κ3) is 3.43. The summed E-state index contributed by atoms with van der Waals surface area (Å²) in [5, 5.41) is 0. The van der Waals surface area contributed by atoms with Crippen molar-refractivity contribution in [3.8, 4) is 0 Å². The first-order valence-corrected chi connectivity index (χ1v) is 6.50. The maximum atomic E-state index is 12.2. The number of hydroxylamine groups is 3. The van der Waals surface area contributed by atoms with E-state index in [9.17, 15) is 21.6 Å². The number of allylic oxidation sites excluding steroid dienone is 1. The smallest absolute Gasteiger partial charge is 0.185 e. The predicted molar refractivity (Wildman–Crippen MR) is 54.9 cm³/mol. The van der Waals surface area contributed by atoms with Gasteiger partial charge in [-0.25, -0.2) is 0 Å². The summed E-state index contributed by atoms with van der Waals surface area (Å²) in [6.07, 6.45) is 2.85. The lowest BCUT2D eigenvalue weighted by atomic mass is 9.97. The number of likely N-dealkylation sites (tertiary alicyclic amines) is 1. The lowest BCUT2D eigenvalue weighted by molar-refractivity contribution is -1.07. The Kier molecular flexibility index (Phi) is 3.90. The van der Waals surface area contributed by atoms with Gasteiger partial charge in [0.15, 0.2) is 0 Å². The largest absolute Gasteiger partial charge is 0.528 e. The van der Waals surface area contributed by atoms with Gasteiger partial charge >= 0.3 is 15.6 Å². The average molecular weight is 274 g/mol. The van der Waals surface area contributed by atoms with E-state index in [4.69, 9.17) is 0 Å². The Balaban J connectivity index is 2.73. The Morgan fingerprint density at radius 2 is 1.82 bits per heavy atom. The number of quaternary nitrogens is 1. The van der Waals surface area contributed by atoms with Crippen molar-refractivity contribution in [1.29, 1.82) is 0 Å². The number of hydrogen-bond acceptors (Lipinski definition) is 3. The van der Waals surface area contributed by atoms with E-state index in [1.165, 1.54) is 7.05 Å². The monoisotopic (exact) mass is 274 g/mol. The fraction of sp³-hybridized carbons (Fsp3) is 0.778. The molecule has 0 aromatic carbocycles. The zero-order valence-electron chi connectivity index (χ0n) is 9.40. The highest BCUT2D eigenvalue weighted by atomic mass is 32.2. The Labute approximate surface area is 98.3 Å². The Morgan fingerprint density at radius 3 is 2.18 bits per heavy atom. The molecule has 0 saturated carbocycles.